The van der Waals surface area contributed by atoms with Gasteiger partial charge in [-0.2, -0.15) is 0 Å². The number of carbonyl (C=O) groups is 3. The number of fused-ring (bicyclic) bond motifs is 6. The lowest BCUT2D eigenvalue weighted by Gasteiger charge is -2.31. The molecule has 1 aromatic heterocycles. The molecule has 0 spiro atoms. The van der Waals surface area contributed by atoms with Crippen LogP contribution >= 0.6 is 0 Å². The summed E-state index contributed by atoms with van der Waals surface area (Å²) in [7, 11) is 3.39. The van der Waals surface area contributed by atoms with E-state index in [0.29, 0.717) is 6.54 Å². The van der Waals surface area contributed by atoms with Gasteiger partial charge >= 0.3 is 5.97 Å². The quantitative estimate of drug-likeness (QED) is 0.218. The summed E-state index contributed by atoms with van der Waals surface area (Å²) in [6.07, 6.45) is 3.66. The molecule has 8 rings (SSSR count). The van der Waals surface area contributed by atoms with Crippen LogP contribution in [0.4, 0.5) is 5.69 Å². The van der Waals surface area contributed by atoms with Gasteiger partial charge in [0.1, 0.15) is 11.9 Å². The SMILES string of the molecule is COC(=O)C[C@@H](C)C(=O)N1CCC[C@H]1c1nc2ccc(C#Cc3ccc4c(c3)N=C3C4N(C)C(c4ccccc4)C(=O)N4CCC[C@@H]34)cc2[nH]1. The van der Waals surface area contributed by atoms with E-state index in [1.165, 1.54) is 7.11 Å². The first kappa shape index (κ1) is 32.0. The number of nitrogens with zero attached hydrogens (tertiary/aromatic N) is 5. The number of likely N-dealkylation sites (N-methyl/N-ethyl adjacent to an activating group) is 1. The molecule has 4 aliphatic rings. The number of hydrogen-bond donors (Lipinski definition) is 1. The number of esters is 1. The summed E-state index contributed by atoms with van der Waals surface area (Å²) in [5.41, 5.74) is 7.49. The van der Waals surface area contributed by atoms with Gasteiger partial charge in [-0.05, 0) is 68.6 Å². The highest BCUT2D eigenvalue weighted by Gasteiger charge is 2.49. The lowest BCUT2D eigenvalue weighted by atomic mass is 9.95. The Labute approximate surface area is 291 Å². The maximum absolute atomic E-state index is 13.9. The Morgan fingerprint density at radius 2 is 1.70 bits per heavy atom. The van der Waals surface area contributed by atoms with Crippen LogP contribution in [0.2, 0.25) is 0 Å². The van der Waals surface area contributed by atoms with E-state index in [-0.39, 0.29) is 48.4 Å². The third kappa shape index (κ3) is 5.56. The summed E-state index contributed by atoms with van der Waals surface area (Å²) in [5, 5.41) is 0. The molecular weight excluding hydrogens is 628 g/mol. The molecule has 1 N–H and O–H groups in total. The number of H-pyrrole nitrogens is 1. The zero-order valence-electron chi connectivity index (χ0n) is 28.6. The average Bonchev–Trinajstić information content (AvgIpc) is 3.94. The molecule has 3 saturated heterocycles. The van der Waals surface area contributed by atoms with Crippen LogP contribution in [-0.4, -0.2) is 81.5 Å². The van der Waals surface area contributed by atoms with E-state index in [1.807, 2.05) is 65.4 Å². The molecule has 3 aromatic carbocycles. The number of benzene rings is 3. The van der Waals surface area contributed by atoms with Crippen LogP contribution in [0.15, 0.2) is 71.7 Å². The minimum Gasteiger partial charge on any atom is -0.469 e. The van der Waals surface area contributed by atoms with E-state index in [9.17, 15) is 14.4 Å². The van der Waals surface area contributed by atoms with E-state index in [1.54, 1.807) is 6.92 Å². The highest BCUT2D eigenvalue weighted by molar-refractivity contribution is 6.05. The second kappa shape index (κ2) is 12.9. The number of ether oxygens (including phenoxy) is 1. The van der Waals surface area contributed by atoms with Gasteiger partial charge in [0.2, 0.25) is 11.8 Å². The first-order valence-electron chi connectivity index (χ1n) is 17.5. The van der Waals surface area contributed by atoms with Gasteiger partial charge < -0.3 is 19.5 Å². The minimum atomic E-state index is -0.456. The van der Waals surface area contributed by atoms with E-state index in [4.69, 9.17) is 14.7 Å². The smallest absolute Gasteiger partial charge is 0.306 e. The summed E-state index contributed by atoms with van der Waals surface area (Å²) < 4.78 is 4.77. The topological polar surface area (TPSA) is 111 Å². The second-order valence-electron chi connectivity index (χ2n) is 13.9. The third-order valence-corrected chi connectivity index (χ3v) is 10.7. The second-order valence-corrected chi connectivity index (χ2v) is 13.9. The zero-order valence-corrected chi connectivity index (χ0v) is 28.6. The molecule has 0 bridgehead atoms. The van der Waals surface area contributed by atoms with Crippen molar-refractivity contribution in [2.75, 3.05) is 27.2 Å². The molecule has 254 valence electrons. The number of nitrogens with one attached hydrogen (secondary N) is 1. The monoisotopic (exact) mass is 668 g/mol. The molecule has 10 heteroatoms. The molecule has 0 saturated carbocycles. The lowest BCUT2D eigenvalue weighted by molar-refractivity contribution is -0.146. The van der Waals surface area contributed by atoms with Crippen molar-refractivity contribution in [1.29, 1.82) is 0 Å². The number of methoxy groups -OCH3 is 1. The van der Waals surface area contributed by atoms with Crippen molar-refractivity contribution >= 4 is 40.2 Å². The minimum absolute atomic E-state index is 0.00862. The van der Waals surface area contributed by atoms with Gasteiger partial charge in [-0.1, -0.05) is 55.2 Å². The first-order chi connectivity index (χ1) is 24.3. The molecule has 3 fully saturated rings. The summed E-state index contributed by atoms with van der Waals surface area (Å²) >= 11 is 0. The highest BCUT2D eigenvalue weighted by atomic mass is 16.5. The van der Waals surface area contributed by atoms with Crippen LogP contribution in [0.1, 0.15) is 85.2 Å². The molecule has 5 atom stereocenters. The lowest BCUT2D eigenvalue weighted by Crippen LogP contribution is -2.41. The molecule has 2 unspecified atom stereocenters. The van der Waals surface area contributed by atoms with Crippen molar-refractivity contribution in [3.05, 3.63) is 94.8 Å². The molecule has 0 aliphatic carbocycles. The van der Waals surface area contributed by atoms with Gasteiger partial charge in [-0.25, -0.2) is 4.98 Å². The number of amides is 2. The maximum atomic E-state index is 13.9. The van der Waals surface area contributed by atoms with Crippen molar-refractivity contribution in [1.82, 2.24) is 24.7 Å². The molecule has 4 aliphatic heterocycles. The first-order valence-corrected chi connectivity index (χ1v) is 17.5. The van der Waals surface area contributed by atoms with Gasteiger partial charge in [0.15, 0.2) is 0 Å². The Morgan fingerprint density at radius 3 is 2.50 bits per heavy atom. The van der Waals surface area contributed by atoms with Crippen LogP contribution in [0.25, 0.3) is 11.0 Å². The van der Waals surface area contributed by atoms with Gasteiger partial charge in [-0.3, -0.25) is 24.3 Å². The third-order valence-electron chi connectivity index (χ3n) is 10.7. The normalized spacial score (nSPS) is 23.4. The fourth-order valence-corrected chi connectivity index (χ4v) is 8.25. The van der Waals surface area contributed by atoms with Crippen LogP contribution in [0.5, 0.6) is 0 Å². The van der Waals surface area contributed by atoms with Crippen molar-refractivity contribution in [3.8, 4) is 11.8 Å². The van der Waals surface area contributed by atoms with Crippen molar-refractivity contribution < 1.29 is 19.1 Å². The Kier molecular flexibility index (Phi) is 8.24. The van der Waals surface area contributed by atoms with E-state index in [2.05, 4.69) is 39.9 Å². The predicted octanol–water partition coefficient (Wildman–Crippen LogP) is 5.63. The largest absolute Gasteiger partial charge is 0.469 e. The number of aliphatic imine (C=N–C) groups is 1. The molecular formula is C40H40N6O4. The number of hydrogen-bond acceptors (Lipinski definition) is 7. The molecule has 2 amide bonds. The Bertz CT molecular complexity index is 2090. The van der Waals surface area contributed by atoms with E-state index in [0.717, 1.165) is 82.7 Å². The number of imidazole rings is 1. The highest BCUT2D eigenvalue weighted by Crippen LogP contribution is 2.46. The van der Waals surface area contributed by atoms with Crippen molar-refractivity contribution in [2.45, 2.75) is 63.2 Å². The zero-order chi connectivity index (χ0) is 34.5. The average molecular weight is 669 g/mol. The van der Waals surface area contributed by atoms with Crippen molar-refractivity contribution in [3.63, 3.8) is 0 Å². The van der Waals surface area contributed by atoms with Gasteiger partial charge in [-0.15, -0.1) is 0 Å². The van der Waals surface area contributed by atoms with Gasteiger partial charge in [0.25, 0.3) is 0 Å². The number of aromatic amines is 1. The van der Waals surface area contributed by atoms with E-state index >= 15 is 0 Å². The molecule has 50 heavy (non-hydrogen) atoms. The molecule has 4 aromatic rings. The van der Waals surface area contributed by atoms with Crippen LogP contribution in [-0.2, 0) is 19.1 Å². The van der Waals surface area contributed by atoms with Gasteiger partial charge in [0.05, 0.1) is 54.1 Å². The van der Waals surface area contributed by atoms with Crippen LogP contribution in [0.3, 0.4) is 0 Å². The van der Waals surface area contributed by atoms with Gasteiger partial charge in [0, 0.05) is 35.7 Å². The number of aromatic nitrogens is 2. The van der Waals surface area contributed by atoms with E-state index < -0.39 is 5.92 Å². The Hall–Kier alpha value is -5.27. The number of carbonyl (C=O) groups excluding carboxylic acids is 3. The Balaban J connectivity index is 1.04. The fraction of sp³-hybridized carbons (Fsp3) is 0.375. The summed E-state index contributed by atoms with van der Waals surface area (Å²) in [6, 6.07) is 21.6. The van der Waals surface area contributed by atoms with Crippen molar-refractivity contribution in [2.24, 2.45) is 10.9 Å². The summed E-state index contributed by atoms with van der Waals surface area (Å²) in [4.78, 5) is 58.4. The standard InChI is InChI=1S/C40H40N6O4/c1-24(21-34(47)50-3)39(48)46-20-8-12-33(46)38-42-29-18-16-26(23-31(29)43-38)14-13-25-15-17-28-30(22-25)41-35-32-11-7-19-45(32)40(49)36(44(2)37(28)35)27-9-5-4-6-10-27/h4-6,9-10,15-18,22-24,32-33,36-37H,7-8,11-12,19-21H2,1-3H3,(H,42,43)/t24-,32+,33+,36?,37?/m1/s1. The van der Waals surface area contributed by atoms with Crippen LogP contribution in [0, 0.1) is 17.8 Å². The number of rotatable bonds is 5. The maximum Gasteiger partial charge on any atom is 0.306 e. The predicted molar refractivity (Wildman–Crippen MR) is 190 cm³/mol. The number of likely N-dealkylation sites (tertiary alicyclic amines) is 1. The fourth-order valence-electron chi connectivity index (χ4n) is 8.25. The van der Waals surface area contributed by atoms with Crippen LogP contribution < -0.4 is 0 Å². The summed E-state index contributed by atoms with van der Waals surface area (Å²) in [6.45, 7) is 3.16. The molecule has 5 heterocycles. The Morgan fingerprint density at radius 1 is 0.960 bits per heavy atom. The molecule has 0 radical (unpaired) electrons. The summed E-state index contributed by atoms with van der Waals surface area (Å²) in [5.74, 6) is 6.67. The molecule has 10 nitrogen and oxygen atoms in total.